The Balaban J connectivity index is 1.98. The molecule has 9 heteroatoms. The quantitative estimate of drug-likeness (QED) is 0.715. The highest BCUT2D eigenvalue weighted by atomic mass is 32.2. The number of sulfonamides is 1. The topological polar surface area (TPSA) is 96.3 Å². The largest absolute Gasteiger partial charge is 0.353 e. The number of aryl methyl sites for hydroxylation is 2. The van der Waals surface area contributed by atoms with Gasteiger partial charge in [0.05, 0.1) is 17.4 Å². The van der Waals surface area contributed by atoms with Crippen LogP contribution in [-0.2, 0) is 21.9 Å². The lowest BCUT2D eigenvalue weighted by Crippen LogP contribution is -2.55. The summed E-state index contributed by atoms with van der Waals surface area (Å²) in [4.78, 5) is 15.0. The van der Waals surface area contributed by atoms with Crippen LogP contribution in [0.1, 0.15) is 51.4 Å². The van der Waals surface area contributed by atoms with Gasteiger partial charge in [0.2, 0.25) is 15.9 Å². The third-order valence-electron chi connectivity index (χ3n) is 5.34. The molecule has 0 radical (unpaired) electrons. The predicted octanol–water partition coefficient (Wildman–Crippen LogP) is 1.08. The highest BCUT2D eigenvalue weighted by Gasteiger charge is 2.31. The van der Waals surface area contributed by atoms with Gasteiger partial charge in [-0.25, -0.2) is 8.42 Å². The minimum atomic E-state index is -3.82. The summed E-state index contributed by atoms with van der Waals surface area (Å²) in [6.45, 7) is 11.7. The zero-order valence-corrected chi connectivity index (χ0v) is 18.1. The van der Waals surface area contributed by atoms with Crippen LogP contribution in [0.5, 0.6) is 0 Å². The normalized spacial score (nSPS) is 17.7. The summed E-state index contributed by atoms with van der Waals surface area (Å²) in [7, 11) is -2.13. The van der Waals surface area contributed by atoms with Crippen molar-refractivity contribution in [3.63, 3.8) is 0 Å². The van der Waals surface area contributed by atoms with Crippen LogP contribution in [0.25, 0.3) is 0 Å². The average molecular weight is 400 g/mol. The number of likely N-dealkylation sites (tertiary alicyclic amines) is 1. The molecule has 1 amide bonds. The van der Waals surface area contributed by atoms with Gasteiger partial charge < -0.3 is 5.32 Å². The monoisotopic (exact) mass is 399 g/mol. The van der Waals surface area contributed by atoms with E-state index in [9.17, 15) is 13.2 Å². The lowest BCUT2D eigenvalue weighted by molar-refractivity contribution is -0.123. The molecule has 2 heterocycles. The molecule has 1 aromatic heterocycles. The molecule has 0 spiro atoms. The molecule has 2 rings (SSSR count). The van der Waals surface area contributed by atoms with Crippen molar-refractivity contribution < 1.29 is 13.2 Å². The Morgan fingerprint density at radius 3 is 2.33 bits per heavy atom. The summed E-state index contributed by atoms with van der Waals surface area (Å²) in [5.74, 6) is -0.331. The van der Waals surface area contributed by atoms with Crippen molar-refractivity contribution in [1.82, 2.24) is 24.7 Å². The van der Waals surface area contributed by atoms with Gasteiger partial charge in [-0.1, -0.05) is 6.42 Å². The number of carbonyl (C=O) groups is 1. The van der Waals surface area contributed by atoms with E-state index >= 15 is 0 Å². The maximum Gasteiger partial charge on any atom is 0.244 e. The van der Waals surface area contributed by atoms with E-state index in [4.69, 9.17) is 0 Å². The summed E-state index contributed by atoms with van der Waals surface area (Å²) in [6, 6.07) is -0.869. The standard InChI is InChI=1S/C18H33N5O3S/c1-13-16(15(3)22(6)20-13)27(25,26)21-14(2)17(24)19-12-18(4,5)23-10-8-7-9-11-23/h14,21H,7-12H2,1-6H3,(H,19,24)/t14-/m1/s1. The van der Waals surface area contributed by atoms with Crippen molar-refractivity contribution in [2.24, 2.45) is 7.05 Å². The number of nitrogens with one attached hydrogen (secondary N) is 2. The van der Waals surface area contributed by atoms with E-state index in [1.54, 1.807) is 27.8 Å². The van der Waals surface area contributed by atoms with Gasteiger partial charge in [0.15, 0.2) is 0 Å². The molecule has 0 unspecified atom stereocenters. The molecular formula is C18H33N5O3S. The first-order valence-electron chi connectivity index (χ1n) is 9.51. The van der Waals surface area contributed by atoms with E-state index in [1.807, 2.05) is 0 Å². The third-order valence-corrected chi connectivity index (χ3v) is 7.14. The molecule has 1 atom stereocenters. The minimum Gasteiger partial charge on any atom is -0.353 e. The van der Waals surface area contributed by atoms with E-state index in [1.165, 1.54) is 23.9 Å². The van der Waals surface area contributed by atoms with Crippen LogP contribution in [-0.4, -0.2) is 60.2 Å². The maximum atomic E-state index is 12.7. The van der Waals surface area contributed by atoms with E-state index < -0.39 is 16.1 Å². The summed E-state index contributed by atoms with van der Waals surface area (Å²) >= 11 is 0. The van der Waals surface area contributed by atoms with Crippen LogP contribution >= 0.6 is 0 Å². The van der Waals surface area contributed by atoms with Crippen molar-refractivity contribution >= 4 is 15.9 Å². The summed E-state index contributed by atoms with van der Waals surface area (Å²) in [6.07, 6.45) is 3.61. The number of rotatable bonds is 7. The Kier molecular flexibility index (Phi) is 6.70. The van der Waals surface area contributed by atoms with E-state index in [-0.39, 0.29) is 16.3 Å². The van der Waals surface area contributed by atoms with E-state index in [2.05, 4.69) is 33.9 Å². The van der Waals surface area contributed by atoms with Crippen molar-refractivity contribution in [1.29, 1.82) is 0 Å². The van der Waals surface area contributed by atoms with Crippen molar-refractivity contribution in [3.8, 4) is 0 Å². The smallest absolute Gasteiger partial charge is 0.244 e. The fourth-order valence-electron chi connectivity index (χ4n) is 3.56. The summed E-state index contributed by atoms with van der Waals surface area (Å²) < 4.78 is 29.4. The van der Waals surface area contributed by atoms with Gasteiger partial charge >= 0.3 is 0 Å². The van der Waals surface area contributed by atoms with Crippen LogP contribution < -0.4 is 10.0 Å². The Hall–Kier alpha value is -1.45. The molecule has 154 valence electrons. The highest BCUT2D eigenvalue weighted by Crippen LogP contribution is 2.20. The summed E-state index contributed by atoms with van der Waals surface area (Å²) in [5.41, 5.74) is 0.797. The molecule has 1 fully saturated rings. The van der Waals surface area contributed by atoms with Gasteiger partial charge in [-0.3, -0.25) is 14.4 Å². The molecular weight excluding hydrogens is 366 g/mol. The number of aromatic nitrogens is 2. The van der Waals surface area contributed by atoms with Crippen LogP contribution in [0.3, 0.4) is 0 Å². The van der Waals surface area contributed by atoms with Gasteiger partial charge in [0.25, 0.3) is 0 Å². The Morgan fingerprint density at radius 2 is 1.81 bits per heavy atom. The molecule has 0 saturated carbocycles. The minimum absolute atomic E-state index is 0.137. The van der Waals surface area contributed by atoms with E-state index in [0.29, 0.717) is 17.9 Å². The van der Waals surface area contributed by atoms with Gasteiger partial charge in [0.1, 0.15) is 4.90 Å². The second kappa shape index (κ2) is 8.28. The Bertz CT molecular complexity index is 779. The maximum absolute atomic E-state index is 12.7. The van der Waals surface area contributed by atoms with Gasteiger partial charge in [-0.15, -0.1) is 0 Å². The number of amides is 1. The predicted molar refractivity (Wildman–Crippen MR) is 105 cm³/mol. The fraction of sp³-hybridized carbons (Fsp3) is 0.778. The first-order chi connectivity index (χ1) is 12.5. The van der Waals surface area contributed by atoms with Crippen LogP contribution in [0.2, 0.25) is 0 Å². The third kappa shape index (κ3) is 5.08. The number of nitrogens with zero attached hydrogens (tertiary/aromatic N) is 3. The summed E-state index contributed by atoms with van der Waals surface area (Å²) in [5, 5.41) is 7.04. The van der Waals surface area contributed by atoms with Crippen LogP contribution in [0, 0.1) is 13.8 Å². The Morgan fingerprint density at radius 1 is 1.22 bits per heavy atom. The molecule has 1 aromatic rings. The molecule has 1 aliphatic rings. The highest BCUT2D eigenvalue weighted by molar-refractivity contribution is 7.89. The number of hydrogen-bond donors (Lipinski definition) is 2. The molecule has 8 nitrogen and oxygen atoms in total. The Labute approximate surface area is 162 Å². The number of hydrogen-bond acceptors (Lipinski definition) is 5. The molecule has 1 aliphatic heterocycles. The molecule has 27 heavy (non-hydrogen) atoms. The van der Waals surface area contributed by atoms with Gasteiger partial charge in [0, 0.05) is 19.1 Å². The first kappa shape index (κ1) is 21.8. The van der Waals surface area contributed by atoms with Crippen molar-refractivity contribution in [3.05, 3.63) is 11.4 Å². The van der Waals surface area contributed by atoms with Crippen LogP contribution in [0.4, 0.5) is 0 Å². The zero-order valence-electron chi connectivity index (χ0n) is 17.3. The second-order valence-electron chi connectivity index (χ2n) is 8.04. The number of piperidine rings is 1. The first-order valence-corrected chi connectivity index (χ1v) is 11.0. The van der Waals surface area contributed by atoms with Gasteiger partial charge in [-0.2, -0.15) is 9.82 Å². The molecule has 0 bridgehead atoms. The molecule has 1 saturated heterocycles. The lowest BCUT2D eigenvalue weighted by Gasteiger charge is -2.41. The second-order valence-corrected chi connectivity index (χ2v) is 9.70. The fourth-order valence-corrected chi connectivity index (χ4v) is 5.20. The van der Waals surface area contributed by atoms with Crippen molar-refractivity contribution in [2.45, 2.75) is 70.4 Å². The zero-order chi connectivity index (χ0) is 20.4. The number of carbonyl (C=O) groups excluding carboxylic acids is 1. The average Bonchev–Trinajstić information content (AvgIpc) is 2.85. The van der Waals surface area contributed by atoms with Gasteiger partial charge in [-0.05, 0) is 60.5 Å². The molecule has 0 aliphatic carbocycles. The van der Waals surface area contributed by atoms with Crippen molar-refractivity contribution in [2.75, 3.05) is 19.6 Å². The van der Waals surface area contributed by atoms with E-state index in [0.717, 1.165) is 13.1 Å². The molecule has 0 aromatic carbocycles. The lowest BCUT2D eigenvalue weighted by atomic mass is 9.98. The SMILES string of the molecule is Cc1nn(C)c(C)c1S(=O)(=O)N[C@H](C)C(=O)NCC(C)(C)N1CCCCC1. The molecule has 2 N–H and O–H groups in total. The van der Waals surface area contributed by atoms with Crippen LogP contribution in [0.15, 0.2) is 4.90 Å².